The summed E-state index contributed by atoms with van der Waals surface area (Å²) >= 11 is 1.44. The maximum absolute atomic E-state index is 9.49. The first-order valence-electron chi connectivity index (χ1n) is 3.47. The predicted octanol–water partition coefficient (Wildman–Crippen LogP) is -1.17. The van der Waals surface area contributed by atoms with Gasteiger partial charge in [-0.25, -0.2) is 0 Å². The van der Waals surface area contributed by atoms with E-state index in [0.29, 0.717) is 0 Å². The summed E-state index contributed by atoms with van der Waals surface area (Å²) < 4.78 is 2.11. The van der Waals surface area contributed by atoms with Crippen LogP contribution in [0.3, 0.4) is 0 Å². The summed E-state index contributed by atoms with van der Waals surface area (Å²) in [6.45, 7) is 8.95. The Bertz CT molecular complexity index is 173. The normalized spacial score (nSPS) is 6.79. The standard InChI is InChI=1S/2C4H6O2.CH3.Bi/c2*1-3(2)4(5)6;;/h2*1H2,2H3,(H,5,6);1H3;/q;;;+2/p-2. The van der Waals surface area contributed by atoms with Crippen molar-refractivity contribution in [3.05, 3.63) is 24.3 Å². The molecule has 0 spiro atoms. The fourth-order valence-corrected chi connectivity index (χ4v) is 0. The van der Waals surface area contributed by atoms with Gasteiger partial charge in [-0.05, 0) is 25.0 Å². The van der Waals surface area contributed by atoms with Gasteiger partial charge in [-0.3, -0.25) is 0 Å². The number of aliphatic carboxylic acids is 2. The second kappa shape index (κ2) is 12.3. The van der Waals surface area contributed by atoms with Crippen LogP contribution in [0.1, 0.15) is 13.8 Å². The SMILES string of the molecule is C=C(C)C(=O)[O-].C=C(C)C(=O)[O-].[CH3][Bi+2]. The number of rotatable bonds is 2. The summed E-state index contributed by atoms with van der Waals surface area (Å²) in [4.78, 5) is 19.0. The van der Waals surface area contributed by atoms with Gasteiger partial charge in [0.1, 0.15) is 0 Å². The van der Waals surface area contributed by atoms with Crippen LogP contribution in [0.5, 0.6) is 0 Å². The quantitative estimate of drug-likeness (QED) is 0.437. The van der Waals surface area contributed by atoms with Crippen molar-refractivity contribution >= 4 is 36.7 Å². The van der Waals surface area contributed by atoms with E-state index in [9.17, 15) is 19.8 Å². The van der Waals surface area contributed by atoms with E-state index in [1.807, 2.05) is 0 Å². The van der Waals surface area contributed by atoms with Gasteiger partial charge in [0.05, 0.1) is 11.9 Å². The van der Waals surface area contributed by atoms with Crippen LogP contribution in [0, 0.1) is 0 Å². The van der Waals surface area contributed by atoms with E-state index in [4.69, 9.17) is 0 Å². The van der Waals surface area contributed by atoms with Crippen LogP contribution in [0.15, 0.2) is 24.3 Å². The van der Waals surface area contributed by atoms with Gasteiger partial charge in [0, 0.05) is 0 Å². The first kappa shape index (κ1) is 19.0. The summed E-state index contributed by atoms with van der Waals surface area (Å²) in [5.41, 5.74) is 0.130. The second-order valence-corrected chi connectivity index (χ2v) is 2.14. The summed E-state index contributed by atoms with van der Waals surface area (Å²) in [5, 5.41) is 19.0. The molecule has 0 N–H and O–H groups in total. The molecule has 78 valence electrons. The monoisotopic (exact) mass is 394 g/mol. The van der Waals surface area contributed by atoms with E-state index in [-0.39, 0.29) is 11.1 Å². The van der Waals surface area contributed by atoms with Crippen LogP contribution in [-0.2, 0) is 9.59 Å². The van der Waals surface area contributed by atoms with Crippen molar-refractivity contribution in [1.82, 2.24) is 0 Å². The van der Waals surface area contributed by atoms with Gasteiger partial charge in [-0.1, -0.05) is 13.2 Å². The Hall–Kier alpha value is -0.697. The molecule has 0 amide bonds. The van der Waals surface area contributed by atoms with Gasteiger partial charge in [0.15, 0.2) is 0 Å². The molecule has 0 atom stereocenters. The first-order valence-corrected chi connectivity index (χ1v) is 6.95. The Morgan fingerprint density at radius 3 is 1.00 bits per heavy atom. The molecule has 0 aromatic rings. The summed E-state index contributed by atoms with van der Waals surface area (Å²) in [5.74, 6) is -2.37. The zero-order valence-electron chi connectivity index (χ0n) is 8.49. The number of hydrogen-bond donors (Lipinski definition) is 0. The summed E-state index contributed by atoms with van der Waals surface area (Å²) in [7, 11) is 0. The topological polar surface area (TPSA) is 80.3 Å². The van der Waals surface area contributed by atoms with Gasteiger partial charge >= 0.3 is 29.4 Å². The molecule has 0 aliphatic heterocycles. The van der Waals surface area contributed by atoms with Crippen LogP contribution in [-0.4, -0.2) is 36.7 Å². The number of hydrogen-bond acceptors (Lipinski definition) is 4. The van der Waals surface area contributed by atoms with Gasteiger partial charge in [-0.2, -0.15) is 0 Å². The van der Waals surface area contributed by atoms with Gasteiger partial charge in [0.25, 0.3) is 0 Å². The Kier molecular flexibility index (Phi) is 16.7. The maximum atomic E-state index is 9.49. The van der Waals surface area contributed by atoms with E-state index >= 15 is 0 Å². The number of carboxylic acids is 2. The van der Waals surface area contributed by atoms with Gasteiger partial charge in [0.2, 0.25) is 0 Å². The molecule has 4 nitrogen and oxygen atoms in total. The number of carboxylic acid groups (broad SMARTS) is 2. The molecule has 0 unspecified atom stereocenters. The summed E-state index contributed by atoms with van der Waals surface area (Å²) in [6.07, 6.45) is 0. The molecule has 0 fully saturated rings. The van der Waals surface area contributed by atoms with Gasteiger partial charge < -0.3 is 19.8 Å². The molecule has 5 heteroatoms. The molecule has 0 aliphatic rings. The van der Waals surface area contributed by atoms with E-state index < -0.39 is 11.9 Å². The minimum absolute atomic E-state index is 0.0648. The van der Waals surface area contributed by atoms with Crippen molar-refractivity contribution in [3.63, 3.8) is 0 Å². The van der Waals surface area contributed by atoms with E-state index in [0.717, 1.165) is 0 Å². The van der Waals surface area contributed by atoms with E-state index in [1.54, 1.807) is 0 Å². The average molecular weight is 394 g/mol. The molecule has 2 radical (unpaired) electrons. The molecule has 0 saturated heterocycles. The number of carbonyl (C=O) groups is 2. The van der Waals surface area contributed by atoms with Crippen LogP contribution in [0.25, 0.3) is 0 Å². The molecule has 0 saturated carbocycles. The van der Waals surface area contributed by atoms with Crippen LogP contribution in [0.2, 0.25) is 4.63 Å². The molecular weight excluding hydrogens is 381 g/mol. The molecular formula is C9H13BiO4. The third-order valence-electron chi connectivity index (χ3n) is 0.697. The molecule has 0 aromatic carbocycles. The van der Waals surface area contributed by atoms with Crippen molar-refractivity contribution < 1.29 is 19.8 Å². The van der Waals surface area contributed by atoms with Crippen molar-refractivity contribution in [2.75, 3.05) is 0 Å². The van der Waals surface area contributed by atoms with Crippen LogP contribution >= 0.6 is 0 Å². The minimum atomic E-state index is -1.19. The molecule has 0 aliphatic carbocycles. The van der Waals surface area contributed by atoms with Crippen molar-refractivity contribution in [2.45, 2.75) is 18.5 Å². The van der Waals surface area contributed by atoms with Crippen LogP contribution < -0.4 is 10.2 Å². The van der Waals surface area contributed by atoms with Crippen molar-refractivity contribution in [1.29, 1.82) is 0 Å². The number of carbonyl (C=O) groups excluding carboxylic acids is 2. The molecule has 0 heterocycles. The van der Waals surface area contributed by atoms with Crippen LogP contribution in [0.4, 0.5) is 0 Å². The van der Waals surface area contributed by atoms with Crippen molar-refractivity contribution in [2.24, 2.45) is 0 Å². The van der Waals surface area contributed by atoms with Crippen molar-refractivity contribution in [3.8, 4) is 0 Å². The predicted molar refractivity (Wildman–Crippen MR) is 51.3 cm³/mol. The molecule has 14 heavy (non-hydrogen) atoms. The van der Waals surface area contributed by atoms with E-state index in [2.05, 4.69) is 17.8 Å². The molecule has 0 aromatic heterocycles. The third-order valence-corrected chi connectivity index (χ3v) is 0.697. The van der Waals surface area contributed by atoms with Gasteiger partial charge in [-0.15, -0.1) is 0 Å². The Morgan fingerprint density at radius 2 is 1.00 bits per heavy atom. The first-order chi connectivity index (χ1) is 6.29. The average Bonchev–Trinajstić information content (AvgIpc) is 2.08. The fraction of sp³-hybridized carbons (Fsp3) is 0.333. The summed E-state index contributed by atoms with van der Waals surface area (Å²) in [6, 6.07) is 0. The second-order valence-electron chi connectivity index (χ2n) is 2.14. The Morgan fingerprint density at radius 1 is 0.929 bits per heavy atom. The zero-order chi connectivity index (χ0) is 12.3. The Labute approximate surface area is 99.2 Å². The third kappa shape index (κ3) is 22.5. The molecule has 0 bridgehead atoms. The van der Waals surface area contributed by atoms with E-state index in [1.165, 1.54) is 38.6 Å². The Balaban J connectivity index is -0.000000147. The molecule has 0 rings (SSSR count). The fourth-order valence-electron chi connectivity index (χ4n) is 0. The zero-order valence-corrected chi connectivity index (χ0v) is 12.0.